The molecule has 1 amide bonds. The lowest BCUT2D eigenvalue weighted by atomic mass is 9.64. The van der Waals surface area contributed by atoms with Crippen LogP contribution >= 0.6 is 0 Å². The molecule has 0 aromatic rings. The number of amides is 1. The number of hydrogen-bond acceptors (Lipinski definition) is 5. The van der Waals surface area contributed by atoms with Crippen molar-refractivity contribution in [2.75, 3.05) is 6.54 Å². The Morgan fingerprint density at radius 3 is 2.61 bits per heavy atom. The van der Waals surface area contributed by atoms with E-state index in [2.05, 4.69) is 12.2 Å². The highest BCUT2D eigenvalue weighted by Gasteiger charge is 2.62. The Morgan fingerprint density at radius 1 is 1.14 bits per heavy atom. The van der Waals surface area contributed by atoms with Gasteiger partial charge in [-0.3, -0.25) is 4.79 Å². The summed E-state index contributed by atoms with van der Waals surface area (Å²) in [7, 11) is 0. The molecule has 1 heterocycles. The van der Waals surface area contributed by atoms with Crippen molar-refractivity contribution in [3.05, 3.63) is 0 Å². The third-order valence-electron chi connectivity index (χ3n) is 7.48. The van der Waals surface area contributed by atoms with Crippen LogP contribution in [0.2, 0.25) is 0 Å². The number of hydrogen-bond donors (Lipinski definition) is 2. The van der Waals surface area contributed by atoms with Crippen molar-refractivity contribution in [2.24, 2.45) is 29.4 Å². The van der Waals surface area contributed by atoms with Gasteiger partial charge in [0, 0.05) is 43.2 Å². The van der Waals surface area contributed by atoms with E-state index in [1.54, 1.807) is 0 Å². The molecule has 160 valence electrons. The molecule has 3 N–H and O–H groups in total. The van der Waals surface area contributed by atoms with Gasteiger partial charge in [0.25, 0.3) is 0 Å². The molecule has 0 radical (unpaired) electrons. The van der Waals surface area contributed by atoms with E-state index in [1.165, 1.54) is 32.1 Å². The molecular weight excluding hydrogens is 356 g/mol. The van der Waals surface area contributed by atoms with Crippen LogP contribution in [-0.4, -0.2) is 29.6 Å². The molecule has 4 rings (SSSR count). The van der Waals surface area contributed by atoms with E-state index in [1.807, 2.05) is 13.8 Å². The zero-order valence-electron chi connectivity index (χ0n) is 17.8. The van der Waals surface area contributed by atoms with E-state index in [4.69, 9.17) is 20.2 Å². The Hall–Kier alpha value is -0.690. The lowest BCUT2D eigenvalue weighted by molar-refractivity contribution is -0.379. The number of nitrogens with one attached hydrogen (secondary N) is 1. The highest BCUT2D eigenvalue weighted by molar-refractivity contribution is 5.76. The Labute approximate surface area is 169 Å². The van der Waals surface area contributed by atoms with Crippen molar-refractivity contribution in [1.29, 1.82) is 0 Å². The zero-order valence-corrected chi connectivity index (χ0v) is 17.8. The summed E-state index contributed by atoms with van der Waals surface area (Å²) in [6, 6.07) is 0. The topological polar surface area (TPSA) is 82.8 Å². The number of carbonyl (C=O) groups excluding carboxylic acids is 1. The van der Waals surface area contributed by atoms with Crippen LogP contribution in [-0.2, 0) is 19.3 Å². The molecule has 0 aromatic heterocycles. The first-order valence-electron chi connectivity index (χ1n) is 11.3. The fourth-order valence-electron chi connectivity index (χ4n) is 5.90. The lowest BCUT2D eigenvalue weighted by Crippen LogP contribution is -2.53. The van der Waals surface area contributed by atoms with Crippen LogP contribution in [0.5, 0.6) is 0 Å². The predicted molar refractivity (Wildman–Crippen MR) is 106 cm³/mol. The van der Waals surface area contributed by atoms with E-state index in [0.717, 1.165) is 31.6 Å². The standard InChI is InChI=1S/C22H38N2O4/c1-15-11-17-5-4-6-18(12-17)22(15)26-21(27-28-22)9-7-16(8-10-21)13-19(25)24-14-20(2,3)23/h15-18H,4-14,23H2,1-3H3,(H,24,25)/t15-,16?,17+,18+,21?,22?/m1/s1. The van der Waals surface area contributed by atoms with E-state index < -0.39 is 11.6 Å². The first-order valence-corrected chi connectivity index (χ1v) is 11.3. The minimum absolute atomic E-state index is 0.0922. The molecule has 4 atom stereocenters. The largest absolute Gasteiger partial charge is 0.354 e. The lowest BCUT2D eigenvalue weighted by Gasteiger charge is -2.49. The second-order valence-electron chi connectivity index (χ2n) is 10.7. The summed E-state index contributed by atoms with van der Waals surface area (Å²) in [6.45, 7) is 6.61. The Balaban J connectivity index is 1.31. The van der Waals surface area contributed by atoms with Gasteiger partial charge in [-0.15, -0.1) is 0 Å². The van der Waals surface area contributed by atoms with E-state index in [-0.39, 0.29) is 11.4 Å². The minimum atomic E-state index is -0.606. The Morgan fingerprint density at radius 2 is 1.89 bits per heavy atom. The van der Waals surface area contributed by atoms with Gasteiger partial charge in [0.05, 0.1) is 0 Å². The van der Waals surface area contributed by atoms with Crippen LogP contribution in [0.15, 0.2) is 0 Å². The average molecular weight is 395 g/mol. The molecule has 2 bridgehead atoms. The number of ether oxygens (including phenoxy) is 1. The maximum Gasteiger partial charge on any atom is 0.220 e. The van der Waals surface area contributed by atoms with Gasteiger partial charge in [0.2, 0.25) is 17.5 Å². The summed E-state index contributed by atoms with van der Waals surface area (Å²) >= 11 is 0. The molecule has 0 aromatic carbocycles. The zero-order chi connectivity index (χ0) is 20.0. The molecule has 1 aliphatic heterocycles. The maximum absolute atomic E-state index is 12.2. The monoisotopic (exact) mass is 394 g/mol. The van der Waals surface area contributed by atoms with Gasteiger partial charge in [-0.05, 0) is 57.8 Å². The first kappa shape index (κ1) is 20.6. The average Bonchev–Trinajstić information content (AvgIpc) is 3.01. The quantitative estimate of drug-likeness (QED) is 0.712. The van der Waals surface area contributed by atoms with Crippen molar-refractivity contribution >= 4 is 5.91 Å². The summed E-state index contributed by atoms with van der Waals surface area (Å²) in [5, 5.41) is 2.96. The maximum atomic E-state index is 12.2. The number of rotatable bonds is 4. The van der Waals surface area contributed by atoms with Crippen molar-refractivity contribution in [1.82, 2.24) is 5.32 Å². The summed E-state index contributed by atoms with van der Waals surface area (Å²) in [5.74, 6) is 0.971. The van der Waals surface area contributed by atoms with Gasteiger partial charge in [-0.25, -0.2) is 0 Å². The fourth-order valence-corrected chi connectivity index (χ4v) is 5.90. The minimum Gasteiger partial charge on any atom is -0.354 e. The van der Waals surface area contributed by atoms with E-state index in [0.29, 0.717) is 30.7 Å². The SMILES string of the molecule is C[C@@H]1C[C@@H]2CCC[C@@H](C2)C12OOC1(CCC(CC(=O)NCC(C)(C)N)CC1)O2. The molecule has 4 fully saturated rings. The Kier molecular flexibility index (Phi) is 5.53. The summed E-state index contributed by atoms with van der Waals surface area (Å²) < 4.78 is 6.70. The van der Waals surface area contributed by atoms with Crippen molar-refractivity contribution in [3.63, 3.8) is 0 Å². The molecule has 2 spiro atoms. The van der Waals surface area contributed by atoms with Crippen molar-refractivity contribution in [2.45, 2.75) is 102 Å². The first-order chi connectivity index (χ1) is 13.2. The van der Waals surface area contributed by atoms with Crippen LogP contribution in [0.4, 0.5) is 0 Å². The van der Waals surface area contributed by atoms with Gasteiger partial charge in [-0.1, -0.05) is 19.8 Å². The van der Waals surface area contributed by atoms with Gasteiger partial charge in [-0.2, -0.15) is 9.78 Å². The van der Waals surface area contributed by atoms with Gasteiger partial charge < -0.3 is 15.8 Å². The van der Waals surface area contributed by atoms with Crippen LogP contribution in [0.1, 0.15) is 85.0 Å². The van der Waals surface area contributed by atoms with Gasteiger partial charge >= 0.3 is 0 Å². The summed E-state index contributed by atoms with van der Waals surface area (Å²) in [6.07, 6.45) is 10.2. The molecule has 28 heavy (non-hydrogen) atoms. The number of fused-ring (bicyclic) bond motifs is 3. The highest BCUT2D eigenvalue weighted by atomic mass is 17.3. The molecule has 3 aliphatic carbocycles. The Bertz CT molecular complexity index is 580. The predicted octanol–water partition coefficient (Wildman–Crippen LogP) is 3.64. The van der Waals surface area contributed by atoms with Crippen LogP contribution in [0.25, 0.3) is 0 Å². The summed E-state index contributed by atoms with van der Waals surface area (Å²) in [4.78, 5) is 24.2. The molecule has 1 unspecified atom stereocenters. The highest BCUT2D eigenvalue weighted by Crippen LogP contribution is 2.57. The number of nitrogens with two attached hydrogens (primary N) is 1. The third-order valence-corrected chi connectivity index (χ3v) is 7.48. The van der Waals surface area contributed by atoms with Gasteiger partial charge in [0.15, 0.2) is 0 Å². The fraction of sp³-hybridized carbons (Fsp3) is 0.955. The second-order valence-corrected chi connectivity index (χ2v) is 10.7. The molecule has 4 aliphatic rings. The normalized spacial score (nSPS) is 43.4. The third kappa shape index (κ3) is 4.11. The summed E-state index contributed by atoms with van der Waals surface area (Å²) in [5.41, 5.74) is 5.57. The van der Waals surface area contributed by atoms with Crippen molar-refractivity contribution in [3.8, 4) is 0 Å². The van der Waals surface area contributed by atoms with Crippen LogP contribution < -0.4 is 11.1 Å². The number of carbonyl (C=O) groups is 1. The van der Waals surface area contributed by atoms with E-state index in [9.17, 15) is 4.79 Å². The van der Waals surface area contributed by atoms with E-state index >= 15 is 0 Å². The molecule has 3 saturated carbocycles. The second kappa shape index (κ2) is 7.53. The van der Waals surface area contributed by atoms with Crippen molar-refractivity contribution < 1.29 is 19.3 Å². The van der Waals surface area contributed by atoms with Crippen LogP contribution in [0, 0.1) is 23.7 Å². The molecular formula is C22H38N2O4. The molecule has 1 saturated heterocycles. The molecule has 6 nitrogen and oxygen atoms in total. The van der Waals surface area contributed by atoms with Gasteiger partial charge in [0.1, 0.15) is 0 Å². The smallest absolute Gasteiger partial charge is 0.220 e. The molecule has 6 heteroatoms. The van der Waals surface area contributed by atoms with Crippen LogP contribution in [0.3, 0.4) is 0 Å².